The maximum Gasteiger partial charge on any atom is 0.241 e. The van der Waals surface area contributed by atoms with Crippen molar-refractivity contribution in [3.8, 4) is 0 Å². The Kier molecular flexibility index (Phi) is 5.19. The van der Waals surface area contributed by atoms with E-state index >= 15 is 0 Å². The lowest BCUT2D eigenvalue weighted by Crippen LogP contribution is -2.50. The van der Waals surface area contributed by atoms with Crippen molar-refractivity contribution in [3.63, 3.8) is 0 Å². The highest BCUT2D eigenvalue weighted by atomic mass is 16.2. The standard InChI is InChI=1S/C19H27N3O2/c1-13(19(24)21-16-8-4-3-5-9-16)20-18-10-6-7-15-11-22(14(2)23)12-17(15)18/h3-5,8-9,13,15,17-18,20H,6-7,10-12H2,1-2H3,(H,21,24). The van der Waals surface area contributed by atoms with E-state index < -0.39 is 0 Å². The molecule has 2 N–H and O–H groups in total. The van der Waals surface area contributed by atoms with Gasteiger partial charge in [-0.1, -0.05) is 24.6 Å². The van der Waals surface area contributed by atoms with Crippen molar-refractivity contribution >= 4 is 17.5 Å². The molecule has 2 aliphatic rings. The van der Waals surface area contributed by atoms with E-state index in [1.807, 2.05) is 42.2 Å². The second-order valence-corrected chi connectivity index (χ2v) is 7.13. The highest BCUT2D eigenvalue weighted by molar-refractivity contribution is 5.94. The molecule has 2 fully saturated rings. The first kappa shape index (κ1) is 17.0. The van der Waals surface area contributed by atoms with Crippen molar-refractivity contribution in [1.82, 2.24) is 10.2 Å². The molecule has 4 atom stereocenters. The van der Waals surface area contributed by atoms with Gasteiger partial charge in [-0.2, -0.15) is 0 Å². The number of nitrogens with one attached hydrogen (secondary N) is 2. The summed E-state index contributed by atoms with van der Waals surface area (Å²) < 4.78 is 0. The topological polar surface area (TPSA) is 61.4 Å². The highest BCUT2D eigenvalue weighted by Crippen LogP contribution is 2.36. The molecule has 4 unspecified atom stereocenters. The van der Waals surface area contributed by atoms with Gasteiger partial charge in [-0.15, -0.1) is 0 Å². The van der Waals surface area contributed by atoms with Crippen LogP contribution in [0.4, 0.5) is 5.69 Å². The maximum absolute atomic E-state index is 12.4. The molecule has 1 aromatic carbocycles. The average molecular weight is 329 g/mol. The average Bonchev–Trinajstić information content (AvgIpc) is 3.01. The van der Waals surface area contributed by atoms with Gasteiger partial charge in [-0.05, 0) is 43.7 Å². The van der Waals surface area contributed by atoms with Crippen LogP contribution in [0.5, 0.6) is 0 Å². The summed E-state index contributed by atoms with van der Waals surface area (Å²) in [6.07, 6.45) is 3.44. The zero-order valence-electron chi connectivity index (χ0n) is 14.5. The summed E-state index contributed by atoms with van der Waals surface area (Å²) in [6, 6.07) is 9.60. The SMILES string of the molecule is CC(=O)N1CC2CCCC(NC(C)C(=O)Nc3ccccc3)C2C1. The number of anilines is 1. The van der Waals surface area contributed by atoms with Crippen molar-refractivity contribution in [2.24, 2.45) is 11.8 Å². The number of carbonyl (C=O) groups is 2. The maximum atomic E-state index is 12.4. The van der Waals surface area contributed by atoms with Crippen molar-refractivity contribution < 1.29 is 9.59 Å². The Morgan fingerprint density at radius 3 is 2.62 bits per heavy atom. The number of amides is 2. The molecule has 1 heterocycles. The Balaban J connectivity index is 1.58. The van der Waals surface area contributed by atoms with Crippen LogP contribution in [0.3, 0.4) is 0 Å². The quantitative estimate of drug-likeness (QED) is 0.891. The minimum absolute atomic E-state index is 0.00950. The van der Waals surface area contributed by atoms with E-state index in [9.17, 15) is 9.59 Å². The van der Waals surface area contributed by atoms with Crippen LogP contribution in [0.2, 0.25) is 0 Å². The van der Waals surface area contributed by atoms with Crippen molar-refractivity contribution in [3.05, 3.63) is 30.3 Å². The Morgan fingerprint density at radius 1 is 1.17 bits per heavy atom. The molecule has 0 aromatic heterocycles. The van der Waals surface area contributed by atoms with Crippen LogP contribution in [-0.2, 0) is 9.59 Å². The van der Waals surface area contributed by atoms with E-state index in [1.165, 1.54) is 6.42 Å². The summed E-state index contributed by atoms with van der Waals surface area (Å²) in [5.41, 5.74) is 0.821. The van der Waals surface area contributed by atoms with Crippen molar-refractivity contribution in [2.45, 2.75) is 45.2 Å². The number of rotatable bonds is 4. The lowest BCUT2D eigenvalue weighted by atomic mass is 9.78. The number of likely N-dealkylation sites (tertiary alicyclic amines) is 1. The van der Waals surface area contributed by atoms with E-state index in [0.717, 1.165) is 31.6 Å². The molecule has 2 amide bonds. The molecule has 0 spiro atoms. The van der Waals surface area contributed by atoms with Gasteiger partial charge in [-0.25, -0.2) is 0 Å². The van der Waals surface area contributed by atoms with Gasteiger partial charge >= 0.3 is 0 Å². The number of fused-ring (bicyclic) bond motifs is 1. The lowest BCUT2D eigenvalue weighted by molar-refractivity contribution is -0.128. The minimum atomic E-state index is -0.250. The predicted octanol–water partition coefficient (Wildman–Crippen LogP) is 2.25. The fourth-order valence-electron chi connectivity index (χ4n) is 4.10. The number of nitrogens with zero attached hydrogens (tertiary/aromatic N) is 1. The summed E-state index contributed by atoms with van der Waals surface area (Å²) in [7, 11) is 0. The lowest BCUT2D eigenvalue weighted by Gasteiger charge is -2.35. The van der Waals surface area contributed by atoms with E-state index in [1.54, 1.807) is 6.92 Å². The Hall–Kier alpha value is -1.88. The third-order valence-corrected chi connectivity index (χ3v) is 5.44. The fraction of sp³-hybridized carbons (Fsp3) is 0.579. The third-order valence-electron chi connectivity index (χ3n) is 5.44. The molecular weight excluding hydrogens is 302 g/mol. The van der Waals surface area contributed by atoms with Gasteiger partial charge in [0.2, 0.25) is 11.8 Å². The summed E-state index contributed by atoms with van der Waals surface area (Å²) in [6.45, 7) is 5.27. The molecule has 5 heteroatoms. The zero-order valence-corrected chi connectivity index (χ0v) is 14.5. The second-order valence-electron chi connectivity index (χ2n) is 7.13. The molecule has 1 aromatic rings. The van der Waals surface area contributed by atoms with Gasteiger partial charge in [0.05, 0.1) is 6.04 Å². The minimum Gasteiger partial charge on any atom is -0.342 e. The summed E-state index contributed by atoms with van der Waals surface area (Å²) in [5.74, 6) is 1.20. The molecule has 24 heavy (non-hydrogen) atoms. The van der Waals surface area contributed by atoms with Crippen molar-refractivity contribution in [2.75, 3.05) is 18.4 Å². The molecule has 1 aliphatic heterocycles. The molecule has 1 saturated heterocycles. The van der Waals surface area contributed by atoms with Gasteiger partial charge in [-0.3, -0.25) is 9.59 Å². The molecule has 1 aliphatic carbocycles. The molecule has 5 nitrogen and oxygen atoms in total. The number of para-hydroxylation sites is 1. The molecule has 3 rings (SSSR count). The molecule has 130 valence electrons. The van der Waals surface area contributed by atoms with Crippen LogP contribution in [0, 0.1) is 11.8 Å². The predicted molar refractivity (Wildman–Crippen MR) is 94.5 cm³/mol. The third kappa shape index (κ3) is 3.78. The monoisotopic (exact) mass is 329 g/mol. The molecule has 0 bridgehead atoms. The first-order valence-electron chi connectivity index (χ1n) is 8.92. The van der Waals surface area contributed by atoms with Gasteiger partial charge in [0.15, 0.2) is 0 Å². The normalized spacial score (nSPS) is 27.4. The summed E-state index contributed by atoms with van der Waals surface area (Å²) >= 11 is 0. The Morgan fingerprint density at radius 2 is 1.92 bits per heavy atom. The van der Waals surface area contributed by atoms with E-state index in [2.05, 4.69) is 10.6 Å². The van der Waals surface area contributed by atoms with Crippen LogP contribution in [0.25, 0.3) is 0 Å². The Labute approximate surface area is 143 Å². The molecule has 0 radical (unpaired) electrons. The number of carbonyl (C=O) groups excluding carboxylic acids is 2. The first-order valence-corrected chi connectivity index (χ1v) is 8.92. The molecular formula is C19H27N3O2. The zero-order chi connectivity index (χ0) is 17.1. The van der Waals surface area contributed by atoms with Crippen LogP contribution >= 0.6 is 0 Å². The van der Waals surface area contributed by atoms with Crippen LogP contribution in [0.1, 0.15) is 33.1 Å². The van der Waals surface area contributed by atoms with Gasteiger partial charge < -0.3 is 15.5 Å². The van der Waals surface area contributed by atoms with Crippen LogP contribution in [-0.4, -0.2) is 41.9 Å². The Bertz CT molecular complexity index is 590. The largest absolute Gasteiger partial charge is 0.342 e. The fourth-order valence-corrected chi connectivity index (χ4v) is 4.10. The van der Waals surface area contributed by atoms with Crippen molar-refractivity contribution in [1.29, 1.82) is 0 Å². The summed E-state index contributed by atoms with van der Waals surface area (Å²) in [5, 5.41) is 6.47. The number of hydrogen-bond donors (Lipinski definition) is 2. The van der Waals surface area contributed by atoms with E-state index in [-0.39, 0.29) is 17.9 Å². The molecule has 1 saturated carbocycles. The number of hydrogen-bond acceptors (Lipinski definition) is 3. The smallest absolute Gasteiger partial charge is 0.241 e. The van der Waals surface area contributed by atoms with E-state index in [4.69, 9.17) is 0 Å². The summed E-state index contributed by atoms with van der Waals surface area (Å²) in [4.78, 5) is 26.0. The van der Waals surface area contributed by atoms with Crippen LogP contribution < -0.4 is 10.6 Å². The van der Waals surface area contributed by atoms with Gasteiger partial charge in [0.25, 0.3) is 0 Å². The first-order chi connectivity index (χ1) is 11.5. The highest BCUT2D eigenvalue weighted by Gasteiger charge is 2.41. The van der Waals surface area contributed by atoms with Gasteiger partial charge in [0.1, 0.15) is 0 Å². The van der Waals surface area contributed by atoms with Gasteiger partial charge in [0, 0.05) is 31.7 Å². The van der Waals surface area contributed by atoms with Crippen LogP contribution in [0.15, 0.2) is 30.3 Å². The number of benzene rings is 1. The van der Waals surface area contributed by atoms with E-state index in [0.29, 0.717) is 17.9 Å². The second kappa shape index (κ2) is 7.34.